The van der Waals surface area contributed by atoms with E-state index in [2.05, 4.69) is 11.1 Å². The third kappa shape index (κ3) is 5.90. The number of hydrogen-bond acceptors (Lipinski definition) is 5. The molecule has 0 aliphatic heterocycles. The molecule has 6 heteroatoms. The monoisotopic (exact) mass is 505 g/mol. The molecule has 0 N–H and O–H groups in total. The van der Waals surface area contributed by atoms with E-state index in [0.29, 0.717) is 29.9 Å². The zero-order valence-corrected chi connectivity index (χ0v) is 22.4. The maximum atomic E-state index is 13.6. The molecule has 4 aromatic rings. The van der Waals surface area contributed by atoms with Crippen LogP contribution in [0, 0.1) is 23.7 Å². The van der Waals surface area contributed by atoms with Crippen molar-refractivity contribution in [3.8, 4) is 17.2 Å². The van der Waals surface area contributed by atoms with Gasteiger partial charge in [0.2, 0.25) is 5.91 Å². The summed E-state index contributed by atoms with van der Waals surface area (Å²) in [7, 11) is 1.35. The Hall–Kier alpha value is -4.50. The zero-order chi connectivity index (χ0) is 27.4. The molecule has 1 heterocycles. The van der Waals surface area contributed by atoms with E-state index < -0.39 is 5.97 Å². The van der Waals surface area contributed by atoms with Crippen molar-refractivity contribution >= 4 is 28.5 Å². The Morgan fingerprint density at radius 2 is 1.68 bits per heavy atom. The Bertz CT molecular complexity index is 1540. The fraction of sp³-hybridized carbons (Fsp3) is 0.250. The van der Waals surface area contributed by atoms with Gasteiger partial charge in [0, 0.05) is 18.0 Å². The largest absolute Gasteiger partial charge is 0.465 e. The van der Waals surface area contributed by atoms with Gasteiger partial charge in [0.15, 0.2) is 0 Å². The average Bonchev–Trinajstić information content (AvgIpc) is 2.90. The van der Waals surface area contributed by atoms with Crippen LogP contribution in [0.1, 0.15) is 54.2 Å². The standard InChI is InChI=1S/C32H31N3O3/c1-21-16-24(10-11-27(21)19-33)23-8-6-22(7-9-23)20-35(29(36)18-32(2,3)4)30-28-13-12-26(31(37)38-5)17-25(28)14-15-34-30/h6-17H,18,20H2,1-5H3. The number of carbonyl (C=O) groups is 2. The van der Waals surface area contributed by atoms with Crippen LogP contribution in [0.25, 0.3) is 21.9 Å². The van der Waals surface area contributed by atoms with E-state index >= 15 is 0 Å². The number of carbonyl (C=O) groups excluding carboxylic acids is 2. The van der Waals surface area contributed by atoms with Gasteiger partial charge < -0.3 is 4.74 Å². The first-order valence-corrected chi connectivity index (χ1v) is 12.5. The number of hydrogen-bond donors (Lipinski definition) is 0. The maximum Gasteiger partial charge on any atom is 0.337 e. The van der Waals surface area contributed by atoms with E-state index in [4.69, 9.17) is 4.74 Å². The van der Waals surface area contributed by atoms with E-state index in [1.54, 1.807) is 23.2 Å². The predicted octanol–water partition coefficient (Wildman–Crippen LogP) is 6.84. The number of benzene rings is 3. The van der Waals surface area contributed by atoms with E-state index in [0.717, 1.165) is 33.0 Å². The van der Waals surface area contributed by atoms with Crippen LogP contribution in [-0.4, -0.2) is 24.0 Å². The molecule has 3 aromatic carbocycles. The minimum Gasteiger partial charge on any atom is -0.465 e. The topological polar surface area (TPSA) is 83.3 Å². The lowest BCUT2D eigenvalue weighted by molar-refractivity contribution is -0.120. The van der Waals surface area contributed by atoms with Crippen molar-refractivity contribution in [2.75, 3.05) is 12.0 Å². The minimum atomic E-state index is -0.413. The summed E-state index contributed by atoms with van der Waals surface area (Å²) < 4.78 is 4.86. The van der Waals surface area contributed by atoms with Crippen LogP contribution in [0.5, 0.6) is 0 Å². The predicted molar refractivity (Wildman–Crippen MR) is 150 cm³/mol. The normalized spacial score (nSPS) is 11.2. The summed E-state index contributed by atoms with van der Waals surface area (Å²) in [5.41, 5.74) is 4.88. The van der Waals surface area contributed by atoms with Crippen molar-refractivity contribution in [3.63, 3.8) is 0 Å². The van der Waals surface area contributed by atoms with Crippen LogP contribution in [0.3, 0.4) is 0 Å². The quantitative estimate of drug-likeness (QED) is 0.268. The summed E-state index contributed by atoms with van der Waals surface area (Å²) in [4.78, 5) is 32.0. The molecule has 0 bridgehead atoms. The average molecular weight is 506 g/mol. The number of aromatic nitrogens is 1. The molecule has 0 radical (unpaired) electrons. The molecule has 0 aliphatic carbocycles. The van der Waals surface area contributed by atoms with E-state index in [1.165, 1.54) is 7.11 Å². The number of fused-ring (bicyclic) bond motifs is 1. The molecular weight excluding hydrogens is 474 g/mol. The van der Waals surface area contributed by atoms with Crippen molar-refractivity contribution in [3.05, 3.63) is 95.2 Å². The van der Waals surface area contributed by atoms with Crippen molar-refractivity contribution < 1.29 is 14.3 Å². The van der Waals surface area contributed by atoms with Gasteiger partial charge in [-0.1, -0.05) is 57.2 Å². The summed E-state index contributed by atoms with van der Waals surface area (Å²) in [5, 5.41) is 10.8. The van der Waals surface area contributed by atoms with Gasteiger partial charge in [-0.2, -0.15) is 5.26 Å². The number of methoxy groups -OCH3 is 1. The van der Waals surface area contributed by atoms with Gasteiger partial charge in [0.25, 0.3) is 0 Å². The SMILES string of the molecule is COC(=O)c1ccc2c(N(Cc3ccc(-c4ccc(C#N)c(C)c4)cc3)C(=O)CC(C)(C)C)nccc2c1. The second-order valence-corrected chi connectivity index (χ2v) is 10.6. The molecule has 1 aromatic heterocycles. The minimum absolute atomic E-state index is 0.0265. The van der Waals surface area contributed by atoms with Crippen LogP contribution in [0.4, 0.5) is 5.82 Å². The molecule has 1 amide bonds. The molecule has 0 saturated carbocycles. The molecule has 192 valence electrons. The molecule has 6 nitrogen and oxygen atoms in total. The highest BCUT2D eigenvalue weighted by Gasteiger charge is 2.25. The number of nitrogens with zero attached hydrogens (tertiary/aromatic N) is 3. The van der Waals surface area contributed by atoms with Gasteiger partial charge >= 0.3 is 5.97 Å². The summed E-state index contributed by atoms with van der Waals surface area (Å²) in [5.74, 6) is 0.116. The molecule has 0 fully saturated rings. The first-order chi connectivity index (χ1) is 18.1. The lowest BCUT2D eigenvalue weighted by Gasteiger charge is -2.27. The summed E-state index contributed by atoms with van der Waals surface area (Å²) in [6, 6.07) is 23.2. The second-order valence-electron chi connectivity index (χ2n) is 10.6. The first kappa shape index (κ1) is 26.6. The molecular formula is C32H31N3O3. The molecule has 0 spiro atoms. The Kier molecular flexibility index (Phi) is 7.59. The number of ether oxygens (including phenoxy) is 1. The highest BCUT2D eigenvalue weighted by atomic mass is 16.5. The van der Waals surface area contributed by atoms with Crippen molar-refractivity contribution in [2.45, 2.75) is 40.7 Å². The Labute approximate surface area is 223 Å². The van der Waals surface area contributed by atoms with Gasteiger partial charge in [-0.05, 0) is 70.3 Å². The third-order valence-electron chi connectivity index (χ3n) is 6.38. The van der Waals surface area contributed by atoms with E-state index in [1.807, 2.05) is 82.3 Å². The van der Waals surface area contributed by atoms with Gasteiger partial charge in [-0.15, -0.1) is 0 Å². The van der Waals surface area contributed by atoms with Crippen LogP contribution in [-0.2, 0) is 16.1 Å². The highest BCUT2D eigenvalue weighted by molar-refractivity contribution is 6.04. The zero-order valence-electron chi connectivity index (χ0n) is 22.4. The van der Waals surface area contributed by atoms with E-state index in [9.17, 15) is 14.9 Å². The highest BCUT2D eigenvalue weighted by Crippen LogP contribution is 2.30. The molecule has 4 rings (SSSR count). The lowest BCUT2D eigenvalue weighted by atomic mass is 9.91. The molecule has 0 atom stereocenters. The smallest absolute Gasteiger partial charge is 0.337 e. The van der Waals surface area contributed by atoms with Crippen LogP contribution >= 0.6 is 0 Å². The van der Waals surface area contributed by atoms with E-state index in [-0.39, 0.29) is 11.3 Å². The first-order valence-electron chi connectivity index (χ1n) is 12.5. The van der Waals surface area contributed by atoms with Crippen LogP contribution in [0.2, 0.25) is 0 Å². The van der Waals surface area contributed by atoms with Gasteiger partial charge in [-0.25, -0.2) is 9.78 Å². The number of pyridine rings is 1. The fourth-order valence-electron chi connectivity index (χ4n) is 4.41. The van der Waals surface area contributed by atoms with Crippen LogP contribution < -0.4 is 4.90 Å². The summed E-state index contributed by atoms with van der Waals surface area (Å²) in [6.07, 6.45) is 2.01. The maximum absolute atomic E-state index is 13.6. The number of rotatable bonds is 6. The number of aryl methyl sites for hydroxylation is 1. The van der Waals surface area contributed by atoms with Crippen molar-refractivity contribution in [2.24, 2.45) is 5.41 Å². The van der Waals surface area contributed by atoms with Gasteiger partial charge in [-0.3, -0.25) is 9.69 Å². The summed E-state index contributed by atoms with van der Waals surface area (Å²) >= 11 is 0. The summed E-state index contributed by atoms with van der Waals surface area (Å²) in [6.45, 7) is 8.40. The lowest BCUT2D eigenvalue weighted by Crippen LogP contribution is -2.34. The van der Waals surface area contributed by atoms with Crippen LogP contribution in [0.15, 0.2) is 72.9 Å². The van der Waals surface area contributed by atoms with Gasteiger partial charge in [0.05, 0.1) is 30.9 Å². The fourth-order valence-corrected chi connectivity index (χ4v) is 4.41. The van der Waals surface area contributed by atoms with Crippen molar-refractivity contribution in [1.82, 2.24) is 4.98 Å². The number of esters is 1. The molecule has 0 unspecified atom stereocenters. The Balaban J connectivity index is 1.70. The molecule has 0 aliphatic rings. The third-order valence-corrected chi connectivity index (χ3v) is 6.38. The van der Waals surface area contributed by atoms with Crippen molar-refractivity contribution in [1.29, 1.82) is 5.26 Å². The molecule has 38 heavy (non-hydrogen) atoms. The Morgan fingerprint density at radius 3 is 2.32 bits per heavy atom. The van der Waals surface area contributed by atoms with Gasteiger partial charge in [0.1, 0.15) is 5.82 Å². The molecule has 0 saturated heterocycles. The number of amides is 1. The number of nitriles is 1. The number of anilines is 1. The second kappa shape index (κ2) is 10.9. The Morgan fingerprint density at radius 1 is 0.974 bits per heavy atom.